The molecule has 0 atom stereocenters. The molecule has 0 aliphatic heterocycles. The van der Waals surface area contributed by atoms with Crippen molar-refractivity contribution in [2.45, 2.75) is 40.2 Å². The quantitative estimate of drug-likeness (QED) is 0.797. The lowest BCUT2D eigenvalue weighted by molar-refractivity contribution is 0.0756. The lowest BCUT2D eigenvalue weighted by Gasteiger charge is -2.07. The van der Waals surface area contributed by atoms with Crippen LogP contribution in [0.1, 0.15) is 41.9 Å². The van der Waals surface area contributed by atoms with E-state index in [-0.39, 0.29) is 12.0 Å². The van der Waals surface area contributed by atoms with Gasteiger partial charge in [-0.05, 0) is 57.4 Å². The average Bonchev–Trinajstić information content (AvgIpc) is 2.99. The monoisotopic (exact) mass is 316 g/mol. The number of rotatable bonds is 7. The van der Waals surface area contributed by atoms with Gasteiger partial charge in [0.1, 0.15) is 0 Å². The number of amides is 1. The molecule has 1 amide bonds. The Kier molecular flexibility index (Phi) is 5.87. The molecule has 0 unspecified atom stereocenters. The van der Waals surface area contributed by atoms with Gasteiger partial charge >= 0.3 is 0 Å². The second-order valence-corrected chi connectivity index (χ2v) is 5.85. The van der Waals surface area contributed by atoms with Crippen LogP contribution < -0.4 is 5.32 Å². The van der Waals surface area contributed by atoms with Crippen molar-refractivity contribution in [3.8, 4) is 5.69 Å². The Morgan fingerprint density at radius 2 is 2.09 bits per heavy atom. The fraction of sp³-hybridized carbons (Fsp3) is 0.471. The van der Waals surface area contributed by atoms with E-state index >= 15 is 0 Å². The van der Waals surface area contributed by atoms with Crippen molar-refractivity contribution in [1.82, 2.24) is 20.3 Å². The van der Waals surface area contributed by atoms with Gasteiger partial charge in [0.25, 0.3) is 5.91 Å². The Morgan fingerprint density at radius 3 is 2.78 bits per heavy atom. The molecule has 0 bridgehead atoms. The lowest BCUT2D eigenvalue weighted by atomic mass is 10.1. The topological polar surface area (TPSA) is 69.0 Å². The SMILES string of the molecule is Cc1ccc(-n2cc(C(=O)NCCCOC(C)C)nn2)cc1C. The van der Waals surface area contributed by atoms with Gasteiger partial charge in [-0.1, -0.05) is 11.3 Å². The van der Waals surface area contributed by atoms with Crippen LogP contribution in [0, 0.1) is 13.8 Å². The second kappa shape index (κ2) is 7.87. The fourth-order valence-electron chi connectivity index (χ4n) is 2.05. The van der Waals surface area contributed by atoms with Crippen molar-refractivity contribution in [2.75, 3.05) is 13.2 Å². The van der Waals surface area contributed by atoms with Crippen molar-refractivity contribution < 1.29 is 9.53 Å². The molecule has 0 aliphatic rings. The minimum absolute atomic E-state index is 0.212. The maximum absolute atomic E-state index is 12.0. The maximum Gasteiger partial charge on any atom is 0.273 e. The molecular formula is C17H24N4O2. The number of nitrogens with one attached hydrogen (secondary N) is 1. The summed E-state index contributed by atoms with van der Waals surface area (Å²) in [5.74, 6) is -0.218. The summed E-state index contributed by atoms with van der Waals surface area (Å²) >= 11 is 0. The van der Waals surface area contributed by atoms with Gasteiger partial charge in [0.2, 0.25) is 0 Å². The minimum atomic E-state index is -0.218. The molecule has 1 aromatic heterocycles. The van der Waals surface area contributed by atoms with Gasteiger partial charge < -0.3 is 10.1 Å². The van der Waals surface area contributed by atoms with Crippen molar-refractivity contribution in [1.29, 1.82) is 0 Å². The summed E-state index contributed by atoms with van der Waals surface area (Å²) in [5, 5.41) is 10.8. The minimum Gasteiger partial charge on any atom is -0.379 e. The van der Waals surface area contributed by atoms with Crippen LogP contribution in [-0.2, 0) is 4.74 Å². The van der Waals surface area contributed by atoms with E-state index in [1.165, 1.54) is 11.1 Å². The highest BCUT2D eigenvalue weighted by atomic mass is 16.5. The molecule has 0 saturated heterocycles. The van der Waals surface area contributed by atoms with Crippen molar-refractivity contribution in [3.05, 3.63) is 41.2 Å². The van der Waals surface area contributed by atoms with E-state index in [0.29, 0.717) is 18.8 Å². The zero-order chi connectivity index (χ0) is 16.8. The summed E-state index contributed by atoms with van der Waals surface area (Å²) in [6.07, 6.45) is 2.63. The summed E-state index contributed by atoms with van der Waals surface area (Å²) < 4.78 is 7.04. The highest BCUT2D eigenvalue weighted by Crippen LogP contribution is 2.13. The number of carbonyl (C=O) groups is 1. The van der Waals surface area contributed by atoms with E-state index in [1.807, 2.05) is 39.0 Å². The normalized spacial score (nSPS) is 11.0. The Labute approximate surface area is 136 Å². The molecule has 2 rings (SSSR count). The molecule has 6 heteroatoms. The first kappa shape index (κ1) is 17.1. The summed E-state index contributed by atoms with van der Waals surface area (Å²) in [6.45, 7) is 9.27. The first-order valence-electron chi connectivity index (χ1n) is 7.87. The Hall–Kier alpha value is -2.21. The molecule has 124 valence electrons. The second-order valence-electron chi connectivity index (χ2n) is 5.85. The van der Waals surface area contributed by atoms with Crippen LogP contribution in [0.5, 0.6) is 0 Å². The van der Waals surface area contributed by atoms with Crippen LogP contribution in [0.25, 0.3) is 5.69 Å². The highest BCUT2D eigenvalue weighted by Gasteiger charge is 2.11. The fourth-order valence-corrected chi connectivity index (χ4v) is 2.05. The maximum atomic E-state index is 12.0. The molecule has 0 aliphatic carbocycles. The Morgan fingerprint density at radius 1 is 1.30 bits per heavy atom. The predicted molar refractivity (Wildman–Crippen MR) is 88.9 cm³/mol. The number of hydrogen-bond acceptors (Lipinski definition) is 4. The number of carbonyl (C=O) groups excluding carboxylic acids is 1. The third kappa shape index (κ3) is 4.89. The summed E-state index contributed by atoms with van der Waals surface area (Å²) in [5.41, 5.74) is 3.60. The van der Waals surface area contributed by atoms with E-state index < -0.39 is 0 Å². The molecule has 23 heavy (non-hydrogen) atoms. The summed E-state index contributed by atoms with van der Waals surface area (Å²) in [6, 6.07) is 6.01. The third-order valence-corrected chi connectivity index (χ3v) is 3.54. The van der Waals surface area contributed by atoms with Gasteiger partial charge in [0.05, 0.1) is 18.0 Å². The Bertz CT molecular complexity index is 664. The van der Waals surface area contributed by atoms with Gasteiger partial charge in [0.15, 0.2) is 5.69 Å². The van der Waals surface area contributed by atoms with Crippen LogP contribution in [0.4, 0.5) is 0 Å². The first-order chi connectivity index (χ1) is 11.0. The molecule has 1 N–H and O–H groups in total. The number of aromatic nitrogens is 3. The zero-order valence-electron chi connectivity index (χ0n) is 14.2. The Balaban J connectivity index is 1.90. The smallest absolute Gasteiger partial charge is 0.273 e. The predicted octanol–water partition coefficient (Wildman–Crippen LogP) is 2.43. The van der Waals surface area contributed by atoms with Gasteiger partial charge in [-0.2, -0.15) is 0 Å². The third-order valence-electron chi connectivity index (χ3n) is 3.54. The van der Waals surface area contributed by atoms with Crippen molar-refractivity contribution in [2.24, 2.45) is 0 Å². The van der Waals surface area contributed by atoms with E-state index in [4.69, 9.17) is 4.74 Å². The van der Waals surface area contributed by atoms with E-state index in [9.17, 15) is 4.79 Å². The van der Waals surface area contributed by atoms with Crippen LogP contribution in [0.15, 0.2) is 24.4 Å². The molecule has 0 saturated carbocycles. The lowest BCUT2D eigenvalue weighted by Crippen LogP contribution is -2.25. The largest absolute Gasteiger partial charge is 0.379 e. The number of benzene rings is 1. The van der Waals surface area contributed by atoms with Crippen LogP contribution in [-0.4, -0.2) is 40.2 Å². The molecule has 0 fully saturated rings. The number of ether oxygens (including phenoxy) is 1. The number of hydrogen-bond donors (Lipinski definition) is 1. The van der Waals surface area contributed by atoms with Gasteiger partial charge in [0, 0.05) is 13.2 Å². The molecule has 6 nitrogen and oxygen atoms in total. The molecule has 0 radical (unpaired) electrons. The summed E-state index contributed by atoms with van der Waals surface area (Å²) in [7, 11) is 0. The van der Waals surface area contributed by atoms with Crippen LogP contribution >= 0.6 is 0 Å². The summed E-state index contributed by atoms with van der Waals surface area (Å²) in [4.78, 5) is 12.0. The van der Waals surface area contributed by atoms with E-state index in [2.05, 4.69) is 22.6 Å². The van der Waals surface area contributed by atoms with Gasteiger partial charge in [-0.25, -0.2) is 4.68 Å². The van der Waals surface area contributed by atoms with E-state index in [1.54, 1.807) is 10.9 Å². The number of nitrogens with zero attached hydrogens (tertiary/aromatic N) is 3. The first-order valence-corrected chi connectivity index (χ1v) is 7.87. The highest BCUT2D eigenvalue weighted by molar-refractivity contribution is 5.91. The average molecular weight is 316 g/mol. The standard InChI is InChI=1S/C17H24N4O2/c1-12(2)23-9-5-8-18-17(22)16-11-21(20-19-16)15-7-6-13(3)14(4)10-15/h6-7,10-12H,5,8-9H2,1-4H3,(H,18,22). The number of aryl methyl sites for hydroxylation is 2. The zero-order valence-corrected chi connectivity index (χ0v) is 14.2. The van der Waals surface area contributed by atoms with Crippen LogP contribution in [0.3, 0.4) is 0 Å². The molecular weight excluding hydrogens is 292 g/mol. The van der Waals surface area contributed by atoms with Crippen molar-refractivity contribution >= 4 is 5.91 Å². The molecule has 1 aromatic carbocycles. The van der Waals surface area contributed by atoms with Crippen molar-refractivity contribution in [3.63, 3.8) is 0 Å². The van der Waals surface area contributed by atoms with Gasteiger partial charge in [-0.3, -0.25) is 4.79 Å². The van der Waals surface area contributed by atoms with Gasteiger partial charge in [-0.15, -0.1) is 5.10 Å². The molecule has 0 spiro atoms. The van der Waals surface area contributed by atoms with Crippen LogP contribution in [0.2, 0.25) is 0 Å². The van der Waals surface area contributed by atoms with E-state index in [0.717, 1.165) is 12.1 Å². The molecule has 2 aromatic rings. The molecule has 1 heterocycles.